The van der Waals surface area contributed by atoms with Crippen molar-refractivity contribution in [1.29, 1.82) is 0 Å². The normalized spacial score (nSPS) is 12.1. The van der Waals surface area contributed by atoms with Crippen LogP contribution < -0.4 is 5.32 Å². The maximum absolute atomic E-state index is 11.8. The number of benzene rings is 1. The number of hydrogen-bond donors (Lipinski definition) is 2. The summed E-state index contributed by atoms with van der Waals surface area (Å²) in [7, 11) is 1.84. The van der Waals surface area contributed by atoms with Gasteiger partial charge in [0, 0.05) is 36.8 Å². The minimum Gasteiger partial charge on any atom is -0.387 e. The zero-order valence-corrected chi connectivity index (χ0v) is 12.5. The van der Waals surface area contributed by atoms with Gasteiger partial charge in [-0.25, -0.2) is 0 Å². The van der Waals surface area contributed by atoms with Crippen molar-refractivity contribution in [1.82, 2.24) is 15.1 Å². The van der Waals surface area contributed by atoms with Crippen LogP contribution in [0.3, 0.4) is 0 Å². The van der Waals surface area contributed by atoms with Gasteiger partial charge in [-0.15, -0.1) is 0 Å². The third kappa shape index (κ3) is 4.58. The Morgan fingerprint density at radius 1 is 1.48 bits per heavy atom. The highest BCUT2D eigenvalue weighted by Gasteiger charge is 2.12. The van der Waals surface area contributed by atoms with Crippen molar-refractivity contribution in [3.63, 3.8) is 0 Å². The fraction of sp³-hybridized carbons (Fsp3) is 0.333. The molecular formula is C15H18ClN3O2. The molecule has 112 valence electrons. The van der Waals surface area contributed by atoms with Crippen molar-refractivity contribution in [2.75, 3.05) is 6.54 Å². The number of halogens is 1. The molecule has 0 aliphatic heterocycles. The summed E-state index contributed by atoms with van der Waals surface area (Å²) in [6.07, 6.45) is 3.81. The molecule has 1 heterocycles. The molecule has 1 unspecified atom stereocenters. The lowest BCUT2D eigenvalue weighted by molar-refractivity contribution is -0.121. The van der Waals surface area contributed by atoms with Crippen LogP contribution in [0.25, 0.3) is 0 Å². The Morgan fingerprint density at radius 3 is 2.90 bits per heavy atom. The Bertz CT molecular complexity index is 612. The van der Waals surface area contributed by atoms with E-state index in [-0.39, 0.29) is 12.5 Å². The average molecular weight is 308 g/mol. The Morgan fingerprint density at radius 2 is 2.24 bits per heavy atom. The molecule has 0 bridgehead atoms. The number of aryl methyl sites for hydroxylation is 2. The summed E-state index contributed by atoms with van der Waals surface area (Å²) in [5.74, 6) is -0.107. The highest BCUT2D eigenvalue weighted by molar-refractivity contribution is 6.31. The van der Waals surface area contributed by atoms with E-state index in [1.165, 1.54) is 0 Å². The van der Waals surface area contributed by atoms with E-state index >= 15 is 0 Å². The first-order chi connectivity index (χ1) is 10.1. The minimum absolute atomic E-state index is 0.107. The molecule has 0 aliphatic rings. The molecule has 1 aromatic carbocycles. The number of nitrogens with one attached hydrogen (secondary N) is 1. The third-order valence-corrected chi connectivity index (χ3v) is 3.50. The number of aliphatic hydroxyl groups is 1. The monoisotopic (exact) mass is 307 g/mol. The van der Waals surface area contributed by atoms with Gasteiger partial charge in [-0.2, -0.15) is 5.10 Å². The molecular weight excluding hydrogens is 290 g/mol. The molecule has 0 spiro atoms. The van der Waals surface area contributed by atoms with E-state index in [2.05, 4.69) is 10.4 Å². The first-order valence-electron chi connectivity index (χ1n) is 6.73. The van der Waals surface area contributed by atoms with Gasteiger partial charge in [0.1, 0.15) is 0 Å². The number of hydrogen-bond acceptors (Lipinski definition) is 3. The second-order valence-corrected chi connectivity index (χ2v) is 5.27. The molecule has 0 aliphatic carbocycles. The predicted molar refractivity (Wildman–Crippen MR) is 81.0 cm³/mol. The molecule has 5 nitrogen and oxygen atoms in total. The standard InChI is InChI=1S/C15H18ClN3O2/c1-19-10-11(8-18-19)6-7-15(21)17-9-14(20)12-4-2-3-5-13(12)16/h2-5,8,10,14,20H,6-7,9H2,1H3,(H,17,21). The van der Waals surface area contributed by atoms with Gasteiger partial charge in [0.2, 0.25) is 5.91 Å². The van der Waals surface area contributed by atoms with Gasteiger partial charge < -0.3 is 10.4 Å². The van der Waals surface area contributed by atoms with Crippen molar-refractivity contribution >= 4 is 17.5 Å². The fourth-order valence-corrected chi connectivity index (χ4v) is 2.27. The molecule has 2 rings (SSSR count). The summed E-state index contributed by atoms with van der Waals surface area (Å²) >= 11 is 6.00. The van der Waals surface area contributed by atoms with E-state index in [4.69, 9.17) is 11.6 Å². The Hall–Kier alpha value is -1.85. The number of amides is 1. The molecule has 2 aromatic rings. The van der Waals surface area contributed by atoms with Crippen molar-refractivity contribution < 1.29 is 9.90 Å². The van der Waals surface area contributed by atoms with Crippen LogP contribution in [0.5, 0.6) is 0 Å². The van der Waals surface area contributed by atoms with Crippen molar-refractivity contribution in [2.24, 2.45) is 7.05 Å². The van der Waals surface area contributed by atoms with E-state index in [9.17, 15) is 9.90 Å². The number of aromatic nitrogens is 2. The first kappa shape index (κ1) is 15.5. The molecule has 2 N–H and O–H groups in total. The van der Waals surface area contributed by atoms with Gasteiger partial charge in [-0.3, -0.25) is 9.48 Å². The summed E-state index contributed by atoms with van der Waals surface area (Å²) < 4.78 is 1.70. The lowest BCUT2D eigenvalue weighted by atomic mass is 10.1. The molecule has 6 heteroatoms. The largest absolute Gasteiger partial charge is 0.387 e. The zero-order chi connectivity index (χ0) is 15.2. The Balaban J connectivity index is 1.77. The molecule has 1 atom stereocenters. The lowest BCUT2D eigenvalue weighted by Gasteiger charge is -2.13. The molecule has 1 amide bonds. The second kappa shape index (κ2) is 7.24. The molecule has 0 saturated heterocycles. The number of aliphatic hydroxyl groups excluding tert-OH is 1. The van der Waals surface area contributed by atoms with Crippen LogP contribution in [0.4, 0.5) is 0 Å². The Kier molecular flexibility index (Phi) is 5.36. The number of carbonyl (C=O) groups excluding carboxylic acids is 1. The first-order valence-corrected chi connectivity index (χ1v) is 7.11. The van der Waals surface area contributed by atoms with Crippen LogP contribution in [-0.4, -0.2) is 27.3 Å². The predicted octanol–water partition coefficient (Wildman–Crippen LogP) is 1.86. The molecule has 21 heavy (non-hydrogen) atoms. The number of rotatable bonds is 6. The highest BCUT2D eigenvalue weighted by Crippen LogP contribution is 2.21. The molecule has 1 aromatic heterocycles. The summed E-state index contributed by atoms with van der Waals surface area (Å²) in [6.45, 7) is 0.148. The summed E-state index contributed by atoms with van der Waals surface area (Å²) in [6, 6.07) is 7.05. The lowest BCUT2D eigenvalue weighted by Crippen LogP contribution is -2.28. The third-order valence-electron chi connectivity index (χ3n) is 3.16. The quantitative estimate of drug-likeness (QED) is 0.856. The van der Waals surface area contributed by atoms with Crippen molar-refractivity contribution in [2.45, 2.75) is 18.9 Å². The van der Waals surface area contributed by atoms with Gasteiger partial charge in [0.25, 0.3) is 0 Å². The SMILES string of the molecule is Cn1cc(CCC(=O)NCC(O)c2ccccc2Cl)cn1. The van der Waals surface area contributed by atoms with Crippen LogP contribution >= 0.6 is 11.6 Å². The number of carbonyl (C=O) groups is 1. The van der Waals surface area contributed by atoms with Crippen molar-refractivity contribution in [3.8, 4) is 0 Å². The molecule has 0 radical (unpaired) electrons. The van der Waals surface area contributed by atoms with Crippen LogP contribution in [0, 0.1) is 0 Å². The maximum Gasteiger partial charge on any atom is 0.220 e. The summed E-state index contributed by atoms with van der Waals surface area (Å²) in [5, 5.41) is 17.3. The van der Waals surface area contributed by atoms with Gasteiger partial charge in [0.15, 0.2) is 0 Å². The van der Waals surface area contributed by atoms with E-state index in [1.807, 2.05) is 13.2 Å². The van der Waals surface area contributed by atoms with E-state index in [1.54, 1.807) is 35.1 Å². The zero-order valence-electron chi connectivity index (χ0n) is 11.8. The van der Waals surface area contributed by atoms with E-state index in [0.29, 0.717) is 23.4 Å². The van der Waals surface area contributed by atoms with Gasteiger partial charge in [-0.05, 0) is 18.1 Å². The summed E-state index contributed by atoms with van der Waals surface area (Å²) in [5.41, 5.74) is 1.63. The molecule has 0 saturated carbocycles. The number of nitrogens with zero attached hydrogens (tertiary/aromatic N) is 2. The van der Waals surface area contributed by atoms with Crippen LogP contribution in [-0.2, 0) is 18.3 Å². The topological polar surface area (TPSA) is 67.2 Å². The smallest absolute Gasteiger partial charge is 0.220 e. The minimum atomic E-state index is -0.805. The van der Waals surface area contributed by atoms with Crippen LogP contribution in [0.2, 0.25) is 5.02 Å². The van der Waals surface area contributed by atoms with Crippen LogP contribution in [0.1, 0.15) is 23.7 Å². The van der Waals surface area contributed by atoms with Crippen LogP contribution in [0.15, 0.2) is 36.7 Å². The van der Waals surface area contributed by atoms with Gasteiger partial charge >= 0.3 is 0 Å². The highest BCUT2D eigenvalue weighted by atomic mass is 35.5. The summed E-state index contributed by atoms with van der Waals surface area (Å²) in [4.78, 5) is 11.8. The average Bonchev–Trinajstić information content (AvgIpc) is 2.89. The second-order valence-electron chi connectivity index (χ2n) is 4.86. The Labute approximate surface area is 128 Å². The van der Waals surface area contributed by atoms with Gasteiger partial charge in [-0.1, -0.05) is 29.8 Å². The maximum atomic E-state index is 11.8. The van der Waals surface area contributed by atoms with E-state index in [0.717, 1.165) is 5.56 Å². The van der Waals surface area contributed by atoms with E-state index < -0.39 is 6.10 Å². The van der Waals surface area contributed by atoms with Gasteiger partial charge in [0.05, 0.1) is 12.3 Å². The molecule has 0 fully saturated rings. The van der Waals surface area contributed by atoms with Crippen molar-refractivity contribution in [3.05, 3.63) is 52.8 Å². The fourth-order valence-electron chi connectivity index (χ4n) is 2.01.